The summed E-state index contributed by atoms with van der Waals surface area (Å²) in [6.07, 6.45) is 0. The van der Waals surface area contributed by atoms with Crippen LogP contribution < -0.4 is 4.72 Å². The molecule has 25 heavy (non-hydrogen) atoms. The molecule has 0 saturated carbocycles. The van der Waals surface area contributed by atoms with Crippen molar-refractivity contribution in [1.29, 1.82) is 0 Å². The number of sulfonamides is 1. The minimum absolute atomic E-state index is 0.170. The first-order valence-electron chi connectivity index (χ1n) is 7.59. The summed E-state index contributed by atoms with van der Waals surface area (Å²) < 4.78 is 27.8. The Morgan fingerprint density at radius 2 is 1.48 bits per heavy atom. The minimum Gasteiger partial charge on any atom is -0.282 e. The van der Waals surface area contributed by atoms with Crippen molar-refractivity contribution in [3.05, 3.63) is 89.4 Å². The summed E-state index contributed by atoms with van der Waals surface area (Å²) in [5, 5.41) is 0.444. The van der Waals surface area contributed by atoms with Crippen LogP contribution in [0, 0.1) is 0 Å². The summed E-state index contributed by atoms with van der Waals surface area (Å²) in [4.78, 5) is 1.89. The molecule has 0 saturated heterocycles. The fourth-order valence-corrected chi connectivity index (χ4v) is 4.79. The summed E-state index contributed by atoms with van der Waals surface area (Å²) in [6.45, 7) is 0. The van der Waals surface area contributed by atoms with Crippen LogP contribution in [0.5, 0.6) is 0 Å². The first-order valence-corrected chi connectivity index (χ1v) is 10.4. The van der Waals surface area contributed by atoms with Gasteiger partial charge in [-0.05, 0) is 35.9 Å². The Kier molecular flexibility index (Phi) is 5.68. The Balaban J connectivity index is 1.81. The van der Waals surface area contributed by atoms with E-state index in [4.69, 9.17) is 11.6 Å². The molecule has 0 aliphatic heterocycles. The van der Waals surface area contributed by atoms with E-state index in [1.807, 2.05) is 48.5 Å². The number of anilines is 1. The zero-order valence-corrected chi connectivity index (χ0v) is 15.6. The van der Waals surface area contributed by atoms with Gasteiger partial charge in [0, 0.05) is 14.8 Å². The van der Waals surface area contributed by atoms with Crippen LogP contribution in [-0.2, 0) is 15.8 Å². The maximum Gasteiger partial charge on any atom is 0.237 e. The predicted octanol–water partition coefficient (Wildman–Crippen LogP) is 5.43. The van der Waals surface area contributed by atoms with Gasteiger partial charge in [-0.1, -0.05) is 71.9 Å². The highest BCUT2D eigenvalue weighted by Crippen LogP contribution is 2.34. The van der Waals surface area contributed by atoms with E-state index >= 15 is 0 Å². The van der Waals surface area contributed by atoms with E-state index in [0.717, 1.165) is 9.79 Å². The Morgan fingerprint density at radius 1 is 0.840 bits per heavy atom. The van der Waals surface area contributed by atoms with Crippen LogP contribution in [0.3, 0.4) is 0 Å². The maximum atomic E-state index is 12.5. The molecule has 0 aliphatic rings. The predicted molar refractivity (Wildman–Crippen MR) is 105 cm³/mol. The van der Waals surface area contributed by atoms with Crippen molar-refractivity contribution in [2.75, 3.05) is 4.72 Å². The third kappa shape index (κ3) is 5.01. The highest BCUT2D eigenvalue weighted by molar-refractivity contribution is 7.99. The van der Waals surface area contributed by atoms with E-state index in [0.29, 0.717) is 16.3 Å². The normalized spacial score (nSPS) is 11.2. The Morgan fingerprint density at radius 3 is 2.24 bits per heavy atom. The van der Waals surface area contributed by atoms with Crippen LogP contribution in [0.1, 0.15) is 5.56 Å². The van der Waals surface area contributed by atoms with E-state index in [1.54, 1.807) is 30.3 Å². The number of para-hydroxylation sites is 1. The SMILES string of the molecule is O=S(=O)(Cc1ccccc1Cl)Nc1ccccc1Sc1ccccc1. The topological polar surface area (TPSA) is 46.2 Å². The van der Waals surface area contributed by atoms with Gasteiger partial charge in [0.1, 0.15) is 0 Å². The number of hydrogen-bond donors (Lipinski definition) is 1. The second-order valence-electron chi connectivity index (χ2n) is 5.36. The molecule has 128 valence electrons. The summed E-state index contributed by atoms with van der Waals surface area (Å²) >= 11 is 7.59. The summed E-state index contributed by atoms with van der Waals surface area (Å²) in [5.74, 6) is -0.170. The van der Waals surface area contributed by atoms with Crippen LogP contribution >= 0.6 is 23.4 Å². The van der Waals surface area contributed by atoms with Gasteiger partial charge in [0.2, 0.25) is 10.0 Å². The fraction of sp³-hybridized carbons (Fsp3) is 0.0526. The molecule has 0 spiro atoms. The zero-order chi connectivity index (χ0) is 17.7. The lowest BCUT2D eigenvalue weighted by molar-refractivity contribution is 0.600. The van der Waals surface area contributed by atoms with Crippen molar-refractivity contribution in [3.8, 4) is 0 Å². The number of rotatable bonds is 6. The average molecular weight is 390 g/mol. The van der Waals surface area contributed by atoms with Crippen molar-refractivity contribution in [2.24, 2.45) is 0 Å². The molecular formula is C19H16ClNO2S2. The van der Waals surface area contributed by atoms with Gasteiger partial charge in [-0.25, -0.2) is 8.42 Å². The molecule has 0 unspecified atom stereocenters. The van der Waals surface area contributed by atoms with Crippen LogP contribution in [-0.4, -0.2) is 8.42 Å². The maximum absolute atomic E-state index is 12.5. The molecule has 0 atom stereocenters. The summed E-state index contributed by atoms with van der Waals surface area (Å²) in [7, 11) is -3.57. The number of nitrogens with one attached hydrogen (secondary N) is 1. The highest BCUT2D eigenvalue weighted by atomic mass is 35.5. The Hall–Kier alpha value is -1.95. The van der Waals surface area contributed by atoms with Gasteiger partial charge in [-0.3, -0.25) is 4.72 Å². The lowest BCUT2D eigenvalue weighted by Crippen LogP contribution is -2.15. The van der Waals surface area contributed by atoms with Gasteiger partial charge in [0.05, 0.1) is 11.4 Å². The average Bonchev–Trinajstić information content (AvgIpc) is 2.59. The van der Waals surface area contributed by atoms with Gasteiger partial charge in [0.15, 0.2) is 0 Å². The fourth-order valence-electron chi connectivity index (χ4n) is 2.28. The van der Waals surface area contributed by atoms with E-state index < -0.39 is 10.0 Å². The van der Waals surface area contributed by atoms with Crippen molar-refractivity contribution in [1.82, 2.24) is 0 Å². The van der Waals surface area contributed by atoms with Gasteiger partial charge >= 0.3 is 0 Å². The lowest BCUT2D eigenvalue weighted by atomic mass is 10.2. The van der Waals surface area contributed by atoms with Crippen LogP contribution in [0.25, 0.3) is 0 Å². The van der Waals surface area contributed by atoms with Crippen LogP contribution in [0.15, 0.2) is 88.7 Å². The molecule has 3 aromatic rings. The van der Waals surface area contributed by atoms with E-state index in [1.165, 1.54) is 11.8 Å². The molecule has 0 aliphatic carbocycles. The van der Waals surface area contributed by atoms with Gasteiger partial charge in [-0.2, -0.15) is 0 Å². The summed E-state index contributed by atoms with van der Waals surface area (Å²) in [5.41, 5.74) is 1.13. The van der Waals surface area contributed by atoms with Crippen molar-refractivity contribution in [2.45, 2.75) is 15.5 Å². The first-order chi connectivity index (χ1) is 12.0. The van der Waals surface area contributed by atoms with Gasteiger partial charge < -0.3 is 0 Å². The molecule has 3 aromatic carbocycles. The number of hydrogen-bond acceptors (Lipinski definition) is 3. The monoisotopic (exact) mass is 389 g/mol. The minimum atomic E-state index is -3.57. The van der Waals surface area contributed by atoms with Crippen molar-refractivity contribution >= 4 is 39.1 Å². The summed E-state index contributed by atoms with van der Waals surface area (Å²) in [6, 6.07) is 24.1. The molecule has 3 nitrogen and oxygen atoms in total. The Labute approximate surface area is 157 Å². The van der Waals surface area contributed by atoms with Gasteiger partial charge in [-0.15, -0.1) is 0 Å². The third-order valence-electron chi connectivity index (χ3n) is 3.43. The largest absolute Gasteiger partial charge is 0.282 e. The molecule has 3 rings (SSSR count). The quantitative estimate of drug-likeness (QED) is 0.611. The molecule has 6 heteroatoms. The lowest BCUT2D eigenvalue weighted by Gasteiger charge is -2.13. The second kappa shape index (κ2) is 7.95. The molecule has 0 aromatic heterocycles. The van der Waals surface area contributed by atoms with Crippen molar-refractivity contribution in [3.63, 3.8) is 0 Å². The molecule has 0 heterocycles. The molecule has 0 fully saturated rings. The van der Waals surface area contributed by atoms with Crippen LogP contribution in [0.2, 0.25) is 5.02 Å². The van der Waals surface area contributed by atoms with E-state index in [2.05, 4.69) is 4.72 Å². The molecule has 0 bridgehead atoms. The standard InChI is InChI=1S/C19H16ClNO2S2/c20-17-11-5-4-8-15(17)14-25(22,23)21-18-12-6-7-13-19(18)24-16-9-2-1-3-10-16/h1-13,21H,14H2. The highest BCUT2D eigenvalue weighted by Gasteiger charge is 2.16. The molecule has 0 radical (unpaired) electrons. The molecular weight excluding hydrogens is 374 g/mol. The Bertz CT molecular complexity index is 960. The van der Waals surface area contributed by atoms with Gasteiger partial charge in [0.25, 0.3) is 0 Å². The van der Waals surface area contributed by atoms with Crippen LogP contribution in [0.4, 0.5) is 5.69 Å². The zero-order valence-electron chi connectivity index (χ0n) is 13.2. The van der Waals surface area contributed by atoms with E-state index in [-0.39, 0.29) is 5.75 Å². The smallest absolute Gasteiger partial charge is 0.237 e. The number of halogens is 1. The first kappa shape index (κ1) is 17.9. The van der Waals surface area contributed by atoms with Crippen molar-refractivity contribution < 1.29 is 8.42 Å². The third-order valence-corrected chi connectivity index (χ3v) is 6.10. The molecule has 1 N–H and O–H groups in total. The van der Waals surface area contributed by atoms with E-state index in [9.17, 15) is 8.42 Å². The second-order valence-corrected chi connectivity index (χ2v) is 8.61. The number of benzene rings is 3. The molecule has 0 amide bonds.